The Morgan fingerprint density at radius 2 is 2.35 bits per heavy atom. The molecule has 17 heavy (non-hydrogen) atoms. The molecule has 0 atom stereocenters. The monoisotopic (exact) mass is 246 g/mol. The van der Waals surface area contributed by atoms with E-state index in [0.29, 0.717) is 5.78 Å². The van der Waals surface area contributed by atoms with E-state index in [1.807, 2.05) is 18.2 Å². The van der Waals surface area contributed by atoms with Crippen LogP contribution in [-0.2, 0) is 0 Å². The Morgan fingerprint density at radius 1 is 1.41 bits per heavy atom. The number of furan rings is 1. The van der Waals surface area contributed by atoms with Crippen molar-refractivity contribution in [3.8, 4) is 11.5 Å². The first-order valence-electron chi connectivity index (χ1n) is 5.27. The lowest BCUT2D eigenvalue weighted by atomic mass is 10.3. The van der Waals surface area contributed by atoms with E-state index in [2.05, 4.69) is 22.0 Å². The summed E-state index contributed by atoms with van der Waals surface area (Å²) in [6.07, 6.45) is 3.35. The molecule has 0 bridgehead atoms. The van der Waals surface area contributed by atoms with Crippen LogP contribution in [0.4, 0.5) is 0 Å². The summed E-state index contributed by atoms with van der Waals surface area (Å²) < 4.78 is 7.08. The average Bonchev–Trinajstić information content (AvgIpc) is 2.97. The Morgan fingerprint density at radius 3 is 3.12 bits per heavy atom. The Hall–Kier alpha value is -1.82. The summed E-state index contributed by atoms with van der Waals surface area (Å²) >= 11 is 1.59. The number of nitrogens with zero attached hydrogens (tertiary/aromatic N) is 4. The van der Waals surface area contributed by atoms with Crippen LogP contribution in [0, 0.1) is 0 Å². The van der Waals surface area contributed by atoms with Crippen molar-refractivity contribution in [2.45, 2.75) is 12.1 Å². The second kappa shape index (κ2) is 4.21. The van der Waals surface area contributed by atoms with Crippen molar-refractivity contribution in [3.63, 3.8) is 0 Å². The number of hydrogen-bond acceptors (Lipinski definition) is 5. The van der Waals surface area contributed by atoms with Gasteiger partial charge in [-0.3, -0.25) is 0 Å². The van der Waals surface area contributed by atoms with Gasteiger partial charge in [0.1, 0.15) is 5.69 Å². The maximum absolute atomic E-state index is 5.37. The number of rotatable bonds is 3. The molecule has 3 heterocycles. The summed E-state index contributed by atoms with van der Waals surface area (Å²) in [7, 11) is 0. The van der Waals surface area contributed by atoms with E-state index >= 15 is 0 Å². The minimum atomic E-state index is 0.592. The second-order valence-corrected chi connectivity index (χ2v) is 4.58. The van der Waals surface area contributed by atoms with Crippen LogP contribution in [0.15, 0.2) is 40.2 Å². The fourth-order valence-electron chi connectivity index (χ4n) is 1.58. The lowest BCUT2D eigenvalue weighted by Gasteiger charge is -1.98. The quantitative estimate of drug-likeness (QED) is 0.664. The molecule has 0 aromatic carbocycles. The molecular formula is C11H10N4OS. The van der Waals surface area contributed by atoms with Gasteiger partial charge in [-0.05, 0) is 24.0 Å². The maximum Gasteiger partial charge on any atom is 0.253 e. The van der Waals surface area contributed by atoms with Crippen molar-refractivity contribution in [1.82, 2.24) is 19.6 Å². The molecule has 0 fully saturated rings. The summed E-state index contributed by atoms with van der Waals surface area (Å²) in [5.41, 5.74) is 0.857. The van der Waals surface area contributed by atoms with E-state index < -0.39 is 0 Å². The van der Waals surface area contributed by atoms with E-state index in [0.717, 1.165) is 22.4 Å². The average molecular weight is 246 g/mol. The summed E-state index contributed by atoms with van der Waals surface area (Å²) in [5.74, 6) is 2.29. The highest BCUT2D eigenvalue weighted by Gasteiger charge is 2.10. The Bertz CT molecular complexity index is 632. The standard InChI is InChI=1S/C11H10N4OS/c1-2-17-11-13-10-12-6-5-8(15(10)14-11)9-4-3-7-16-9/h3-7H,2H2,1H3. The molecule has 6 heteroatoms. The molecule has 0 radical (unpaired) electrons. The molecule has 0 saturated carbocycles. The maximum atomic E-state index is 5.37. The Labute approximate surface area is 102 Å². The first-order valence-corrected chi connectivity index (χ1v) is 6.25. The van der Waals surface area contributed by atoms with Crippen LogP contribution >= 0.6 is 11.8 Å². The van der Waals surface area contributed by atoms with Gasteiger partial charge in [-0.25, -0.2) is 4.98 Å². The smallest absolute Gasteiger partial charge is 0.253 e. The van der Waals surface area contributed by atoms with Gasteiger partial charge in [-0.1, -0.05) is 18.7 Å². The summed E-state index contributed by atoms with van der Waals surface area (Å²) in [4.78, 5) is 8.52. The molecule has 0 amide bonds. The predicted molar refractivity (Wildman–Crippen MR) is 64.9 cm³/mol. The fraction of sp³-hybridized carbons (Fsp3) is 0.182. The molecule has 0 aliphatic heterocycles. The number of fused-ring (bicyclic) bond motifs is 1. The first-order chi connectivity index (χ1) is 8.38. The molecule has 86 valence electrons. The van der Waals surface area contributed by atoms with Gasteiger partial charge < -0.3 is 4.42 Å². The highest BCUT2D eigenvalue weighted by Crippen LogP contribution is 2.21. The minimum Gasteiger partial charge on any atom is -0.463 e. The van der Waals surface area contributed by atoms with Crippen LogP contribution in [0.5, 0.6) is 0 Å². The Kier molecular flexibility index (Phi) is 2.56. The SMILES string of the molecule is CCSc1nc2nccc(-c3ccco3)n2n1. The predicted octanol–water partition coefficient (Wildman–Crippen LogP) is 2.50. The van der Waals surface area contributed by atoms with Crippen LogP contribution in [0.1, 0.15) is 6.92 Å². The highest BCUT2D eigenvalue weighted by atomic mass is 32.2. The normalized spacial score (nSPS) is 11.1. The molecule has 0 spiro atoms. The van der Waals surface area contributed by atoms with Crippen LogP contribution in [0.25, 0.3) is 17.2 Å². The van der Waals surface area contributed by atoms with Crippen molar-refractivity contribution in [3.05, 3.63) is 30.7 Å². The van der Waals surface area contributed by atoms with Gasteiger partial charge in [-0.2, -0.15) is 9.50 Å². The summed E-state index contributed by atoms with van der Waals surface area (Å²) in [6, 6.07) is 5.60. The molecule has 3 aromatic heterocycles. The lowest BCUT2D eigenvalue weighted by Crippen LogP contribution is -1.94. The van der Waals surface area contributed by atoms with Crippen molar-refractivity contribution < 1.29 is 4.42 Å². The van der Waals surface area contributed by atoms with Crippen molar-refractivity contribution in [2.75, 3.05) is 5.75 Å². The number of thioether (sulfide) groups is 1. The van der Waals surface area contributed by atoms with Crippen molar-refractivity contribution in [1.29, 1.82) is 0 Å². The van der Waals surface area contributed by atoms with E-state index in [1.165, 1.54) is 0 Å². The molecule has 5 nitrogen and oxygen atoms in total. The van der Waals surface area contributed by atoms with Gasteiger partial charge in [0.05, 0.1) is 6.26 Å². The largest absolute Gasteiger partial charge is 0.463 e. The minimum absolute atomic E-state index is 0.592. The number of aromatic nitrogens is 4. The number of hydrogen-bond donors (Lipinski definition) is 0. The lowest BCUT2D eigenvalue weighted by molar-refractivity contribution is 0.577. The second-order valence-electron chi connectivity index (χ2n) is 3.35. The van der Waals surface area contributed by atoms with Gasteiger partial charge in [0, 0.05) is 6.20 Å². The van der Waals surface area contributed by atoms with Gasteiger partial charge in [0.25, 0.3) is 5.78 Å². The molecular weight excluding hydrogens is 236 g/mol. The zero-order chi connectivity index (χ0) is 11.7. The van der Waals surface area contributed by atoms with Gasteiger partial charge in [0.2, 0.25) is 5.16 Å². The zero-order valence-electron chi connectivity index (χ0n) is 9.20. The zero-order valence-corrected chi connectivity index (χ0v) is 10.0. The third-order valence-electron chi connectivity index (χ3n) is 2.27. The molecule has 0 saturated heterocycles. The van der Waals surface area contributed by atoms with E-state index in [1.54, 1.807) is 28.7 Å². The van der Waals surface area contributed by atoms with Crippen LogP contribution in [-0.4, -0.2) is 25.3 Å². The topological polar surface area (TPSA) is 56.2 Å². The van der Waals surface area contributed by atoms with Crippen molar-refractivity contribution >= 4 is 17.5 Å². The Balaban J connectivity index is 2.18. The van der Waals surface area contributed by atoms with Gasteiger partial charge in [0.15, 0.2) is 5.76 Å². The third kappa shape index (κ3) is 1.80. The van der Waals surface area contributed by atoms with Crippen LogP contribution in [0.3, 0.4) is 0 Å². The molecule has 0 unspecified atom stereocenters. The fourth-order valence-corrected chi connectivity index (χ4v) is 2.12. The molecule has 3 rings (SSSR count). The summed E-state index contributed by atoms with van der Waals surface area (Å²) in [6.45, 7) is 2.07. The molecule has 0 N–H and O–H groups in total. The van der Waals surface area contributed by atoms with Crippen LogP contribution < -0.4 is 0 Å². The van der Waals surface area contributed by atoms with Crippen molar-refractivity contribution in [2.24, 2.45) is 0 Å². The third-order valence-corrected chi connectivity index (χ3v) is 2.99. The molecule has 3 aromatic rings. The summed E-state index contributed by atoms with van der Waals surface area (Å²) in [5, 5.41) is 5.14. The molecule has 0 aliphatic rings. The van der Waals surface area contributed by atoms with E-state index in [4.69, 9.17) is 4.42 Å². The molecule has 0 aliphatic carbocycles. The first kappa shape index (κ1) is 10.3. The van der Waals surface area contributed by atoms with E-state index in [-0.39, 0.29) is 0 Å². The van der Waals surface area contributed by atoms with Gasteiger partial charge >= 0.3 is 0 Å². The highest BCUT2D eigenvalue weighted by molar-refractivity contribution is 7.99. The van der Waals surface area contributed by atoms with E-state index in [9.17, 15) is 0 Å². The van der Waals surface area contributed by atoms with Gasteiger partial charge in [-0.15, -0.1) is 5.10 Å². The van der Waals surface area contributed by atoms with Crippen LogP contribution in [0.2, 0.25) is 0 Å².